The molecule has 0 aliphatic carbocycles. The number of carboxylic acid groups (broad SMARTS) is 6. The molecule has 0 aliphatic rings. The Morgan fingerprint density at radius 2 is 0.667 bits per heavy atom. The molecule has 12 nitrogen and oxygen atoms in total. The van der Waals surface area contributed by atoms with Crippen LogP contribution in [0.25, 0.3) is 0 Å². The van der Waals surface area contributed by atoms with Crippen molar-refractivity contribution in [3.8, 4) is 0 Å². The molecule has 6 N–H and O–H groups in total. The summed E-state index contributed by atoms with van der Waals surface area (Å²) < 4.78 is 0. The highest BCUT2D eigenvalue weighted by molar-refractivity contribution is 5.53. The predicted octanol–water partition coefficient (Wildman–Crippen LogP) is 0.539. The summed E-state index contributed by atoms with van der Waals surface area (Å²) in [5.74, 6) is 0. The first-order valence-corrected chi connectivity index (χ1v) is 3.50. The van der Waals surface area contributed by atoms with Gasteiger partial charge in [-0.1, -0.05) is 0 Å². The molecule has 0 spiro atoms. The van der Waals surface area contributed by atoms with Crippen molar-refractivity contribution in [3.63, 3.8) is 0 Å². The Bertz CT molecular complexity index is 263. The van der Waals surface area contributed by atoms with Gasteiger partial charge in [0.1, 0.15) is 19.0 Å². The Kier molecular flexibility index (Phi) is 18.3. The van der Waals surface area contributed by atoms with Crippen molar-refractivity contribution >= 4 is 18.5 Å². The fourth-order valence-corrected chi connectivity index (χ4v) is 0.205. The van der Waals surface area contributed by atoms with Gasteiger partial charge in [0.25, 0.3) is 0 Å². The first kappa shape index (κ1) is 20.3. The molecule has 0 unspecified atom stereocenters. The van der Waals surface area contributed by atoms with Gasteiger partial charge in [0, 0.05) is 0 Å². The minimum Gasteiger partial charge on any atom is -0.450 e. The Hall–Kier alpha value is -3.18. The van der Waals surface area contributed by atoms with E-state index in [0.29, 0.717) is 0 Å². The van der Waals surface area contributed by atoms with E-state index in [0.717, 1.165) is 0 Å². The largest absolute Gasteiger partial charge is 0.503 e. The lowest BCUT2D eigenvalue weighted by atomic mass is 11.1. The van der Waals surface area contributed by atoms with E-state index in [2.05, 4.69) is 15.0 Å². The highest BCUT2D eigenvalue weighted by Crippen LogP contribution is 1.57. The van der Waals surface area contributed by atoms with Gasteiger partial charge in [-0.2, -0.15) is 0 Å². The summed E-state index contributed by atoms with van der Waals surface area (Å²) in [6, 6.07) is 0. The minimum atomic E-state index is -1.83. The van der Waals surface area contributed by atoms with E-state index >= 15 is 0 Å². The Balaban J connectivity index is -0.000000171. The van der Waals surface area contributed by atoms with Crippen LogP contribution in [0.5, 0.6) is 0 Å². The fourth-order valence-electron chi connectivity index (χ4n) is 0.205. The monoisotopic (exact) mass is 267 g/mol. The third-order valence-corrected chi connectivity index (χ3v) is 0.400. The van der Waals surface area contributed by atoms with Crippen LogP contribution in [0, 0.1) is 0 Å². The van der Waals surface area contributed by atoms with Crippen LogP contribution in [-0.2, 0) is 0 Å². The maximum absolute atomic E-state index is 8.56. The summed E-state index contributed by atoms with van der Waals surface area (Å²) in [6.07, 6.45) is -1.19. The zero-order chi connectivity index (χ0) is 15.0. The predicted molar refractivity (Wildman–Crippen MR) is 51.8 cm³/mol. The van der Waals surface area contributed by atoms with Gasteiger partial charge in [0.2, 0.25) is 0 Å². The average molecular weight is 267 g/mol. The van der Waals surface area contributed by atoms with E-state index in [1.54, 1.807) is 0 Å². The maximum atomic E-state index is 8.56. The van der Waals surface area contributed by atoms with Gasteiger partial charge in [0.05, 0.1) is 0 Å². The van der Waals surface area contributed by atoms with Crippen molar-refractivity contribution in [3.05, 3.63) is 19.0 Å². The lowest BCUT2D eigenvalue weighted by Gasteiger charge is -1.69. The molecule has 0 aliphatic heterocycles. The second-order valence-corrected chi connectivity index (χ2v) is 1.64. The summed E-state index contributed by atoms with van der Waals surface area (Å²) in [6.45, 7) is 0. The standard InChI is InChI=1S/C3H3N3.3CH2O3/c1-4-2-6-3-5-1;3*2-1(3)4/h1-3H;3*(H2,2,3,4). The second kappa shape index (κ2) is 16.3. The molecule has 0 saturated heterocycles. The average Bonchev–Trinajstić information content (AvgIpc) is 2.17. The molecule has 0 radical (unpaired) electrons. The summed E-state index contributed by atoms with van der Waals surface area (Å²) in [4.78, 5) is 36.4. The van der Waals surface area contributed by atoms with E-state index in [1.807, 2.05) is 0 Å². The van der Waals surface area contributed by atoms with Crippen LogP contribution < -0.4 is 0 Å². The number of carbonyl (C=O) groups is 3. The lowest BCUT2D eigenvalue weighted by Crippen LogP contribution is -1.81. The number of nitrogens with zero attached hydrogens (tertiary/aromatic N) is 3. The molecule has 1 aromatic rings. The molecular weight excluding hydrogens is 258 g/mol. The van der Waals surface area contributed by atoms with Crippen molar-refractivity contribution in [1.29, 1.82) is 0 Å². The Labute approximate surface area is 98.5 Å². The molecule has 0 atom stereocenters. The van der Waals surface area contributed by atoms with Crippen LogP contribution in [0.3, 0.4) is 0 Å². The van der Waals surface area contributed by atoms with Crippen molar-refractivity contribution < 1.29 is 45.0 Å². The van der Waals surface area contributed by atoms with Crippen LogP contribution >= 0.6 is 0 Å². The molecule has 18 heavy (non-hydrogen) atoms. The fraction of sp³-hybridized carbons (Fsp3) is 0. The van der Waals surface area contributed by atoms with Gasteiger partial charge < -0.3 is 30.6 Å². The summed E-state index contributed by atoms with van der Waals surface area (Å²) in [7, 11) is 0. The number of hydrogen-bond donors (Lipinski definition) is 6. The molecule has 1 rings (SSSR count). The number of rotatable bonds is 0. The highest BCUT2D eigenvalue weighted by atomic mass is 16.6. The van der Waals surface area contributed by atoms with Crippen LogP contribution in [-0.4, -0.2) is 64.1 Å². The number of aromatic nitrogens is 3. The van der Waals surface area contributed by atoms with Crippen LogP contribution in [0.4, 0.5) is 14.4 Å². The van der Waals surface area contributed by atoms with Gasteiger partial charge in [-0.25, -0.2) is 29.3 Å². The SMILES string of the molecule is O=C(O)O.O=C(O)O.O=C(O)O.c1ncncn1. The second-order valence-electron chi connectivity index (χ2n) is 1.64. The zero-order valence-electron chi connectivity index (χ0n) is 8.48. The van der Waals surface area contributed by atoms with Gasteiger partial charge in [-0.3, -0.25) is 0 Å². The first-order chi connectivity index (χ1) is 8.20. The van der Waals surface area contributed by atoms with E-state index < -0.39 is 18.5 Å². The normalized spacial score (nSPS) is 6.67. The smallest absolute Gasteiger partial charge is 0.450 e. The van der Waals surface area contributed by atoms with Crippen LogP contribution in [0.2, 0.25) is 0 Å². The third kappa shape index (κ3) is 225. The van der Waals surface area contributed by atoms with Gasteiger partial charge in [-0.15, -0.1) is 0 Å². The third-order valence-electron chi connectivity index (χ3n) is 0.400. The summed E-state index contributed by atoms with van der Waals surface area (Å²) in [5.41, 5.74) is 0. The molecule has 1 heterocycles. The summed E-state index contributed by atoms with van der Waals surface area (Å²) in [5, 5.41) is 41.8. The van der Waals surface area contributed by atoms with E-state index in [1.165, 1.54) is 19.0 Å². The molecule has 1 aromatic heterocycles. The zero-order valence-corrected chi connectivity index (χ0v) is 8.48. The van der Waals surface area contributed by atoms with Crippen molar-refractivity contribution in [2.24, 2.45) is 0 Å². The highest BCUT2D eigenvalue weighted by Gasteiger charge is 1.71. The topological polar surface area (TPSA) is 211 Å². The van der Waals surface area contributed by atoms with E-state index in [9.17, 15) is 0 Å². The molecule has 0 fully saturated rings. The summed E-state index contributed by atoms with van der Waals surface area (Å²) >= 11 is 0. The van der Waals surface area contributed by atoms with Crippen LogP contribution in [0.1, 0.15) is 0 Å². The molecule has 12 heteroatoms. The van der Waals surface area contributed by atoms with Crippen molar-refractivity contribution in [2.45, 2.75) is 0 Å². The molecule has 102 valence electrons. The molecular formula is C6H9N3O9. The van der Waals surface area contributed by atoms with E-state index in [-0.39, 0.29) is 0 Å². The van der Waals surface area contributed by atoms with E-state index in [4.69, 9.17) is 45.0 Å². The lowest BCUT2D eigenvalue weighted by molar-refractivity contribution is 0.135. The minimum absolute atomic E-state index is 1.44. The molecule has 0 aromatic carbocycles. The first-order valence-electron chi connectivity index (χ1n) is 3.50. The van der Waals surface area contributed by atoms with Gasteiger partial charge in [-0.05, 0) is 0 Å². The maximum Gasteiger partial charge on any atom is 0.503 e. The molecule has 0 saturated carbocycles. The van der Waals surface area contributed by atoms with Crippen molar-refractivity contribution in [1.82, 2.24) is 15.0 Å². The molecule has 0 amide bonds. The number of hydrogen-bond acceptors (Lipinski definition) is 6. The van der Waals surface area contributed by atoms with Gasteiger partial charge in [0.15, 0.2) is 0 Å². The molecule has 0 bridgehead atoms. The van der Waals surface area contributed by atoms with Crippen molar-refractivity contribution in [2.75, 3.05) is 0 Å². The Morgan fingerprint density at radius 1 is 0.556 bits per heavy atom. The van der Waals surface area contributed by atoms with Crippen LogP contribution in [0.15, 0.2) is 19.0 Å². The quantitative estimate of drug-likeness (QED) is 0.380. The Morgan fingerprint density at radius 3 is 0.722 bits per heavy atom. The van der Waals surface area contributed by atoms with Gasteiger partial charge >= 0.3 is 18.5 Å².